The molecule has 0 radical (unpaired) electrons. The Kier molecular flexibility index (Phi) is 50.7. The van der Waals surface area contributed by atoms with Crippen LogP contribution in [-0.4, -0.2) is 74.3 Å². The van der Waals surface area contributed by atoms with Crippen molar-refractivity contribution in [2.24, 2.45) is 0 Å². The number of phosphoric ester groups is 1. The van der Waals surface area contributed by atoms with E-state index in [1.54, 1.807) is 0 Å². The monoisotopic (exact) mass is 1050 g/mol. The molecule has 10 heteroatoms. The van der Waals surface area contributed by atoms with Gasteiger partial charge in [0.25, 0.3) is 0 Å². The summed E-state index contributed by atoms with van der Waals surface area (Å²) in [5.74, 6) is -0.595. The zero-order chi connectivity index (χ0) is 54.3. The molecule has 0 bridgehead atoms. The summed E-state index contributed by atoms with van der Waals surface area (Å²) in [5, 5.41) is 3.02. The van der Waals surface area contributed by atoms with Crippen LogP contribution < -0.4 is 5.32 Å². The molecule has 0 fully saturated rings. The van der Waals surface area contributed by atoms with Crippen LogP contribution in [-0.2, 0) is 27.9 Å². The Labute approximate surface area is 455 Å². The SMILES string of the molecule is CC/C=C\C/C=C\C/C=C\C/C=C\C/C=C\C/C=C\CCCCC(=O)OC(/C=C/CCCCCCCCCCC)C(COP(=O)(O)OCC[N+](C)(C)C)NC(=O)CCCCC/C=C/C=C/CCCCCCCCC. The number of ether oxygens (including phenoxy) is 1. The molecule has 9 nitrogen and oxygen atoms in total. The van der Waals surface area contributed by atoms with Gasteiger partial charge in [-0.15, -0.1) is 0 Å². The zero-order valence-electron chi connectivity index (χ0n) is 48.3. The number of nitrogens with one attached hydrogen (secondary N) is 1. The Morgan fingerprint density at radius 2 is 0.905 bits per heavy atom. The quantitative estimate of drug-likeness (QED) is 0.0156. The summed E-state index contributed by atoms with van der Waals surface area (Å²) < 4.78 is 30.6. The van der Waals surface area contributed by atoms with Crippen LogP contribution in [0.2, 0.25) is 0 Å². The molecule has 3 atom stereocenters. The highest BCUT2D eigenvalue weighted by molar-refractivity contribution is 7.47. The molecule has 0 saturated heterocycles. The fourth-order valence-corrected chi connectivity index (χ4v) is 8.61. The molecule has 0 aliphatic carbocycles. The molecule has 0 spiro atoms. The van der Waals surface area contributed by atoms with Crippen molar-refractivity contribution in [2.75, 3.05) is 40.9 Å². The van der Waals surface area contributed by atoms with Crippen LogP contribution in [0.3, 0.4) is 0 Å². The minimum atomic E-state index is -4.47. The number of carbonyl (C=O) groups excluding carboxylic acids is 2. The fourth-order valence-electron chi connectivity index (χ4n) is 7.87. The van der Waals surface area contributed by atoms with E-state index in [0.717, 1.165) is 96.3 Å². The van der Waals surface area contributed by atoms with Crippen molar-refractivity contribution in [3.8, 4) is 0 Å². The number of phosphoric acid groups is 1. The van der Waals surface area contributed by atoms with Gasteiger partial charge in [0.15, 0.2) is 0 Å². The molecular formula is C64H112N2O7P+. The molecule has 0 heterocycles. The summed E-state index contributed by atoms with van der Waals surface area (Å²) in [6.45, 7) is 6.82. The van der Waals surface area contributed by atoms with Crippen molar-refractivity contribution in [2.45, 2.75) is 245 Å². The highest BCUT2D eigenvalue weighted by Crippen LogP contribution is 2.43. The molecule has 0 aromatic rings. The number of hydrogen-bond donors (Lipinski definition) is 2. The lowest BCUT2D eigenvalue weighted by atomic mass is 10.1. The van der Waals surface area contributed by atoms with E-state index in [1.165, 1.54) is 89.9 Å². The number of allylic oxidation sites excluding steroid dienone is 17. The van der Waals surface area contributed by atoms with Crippen LogP contribution in [0.15, 0.2) is 109 Å². The van der Waals surface area contributed by atoms with Crippen molar-refractivity contribution in [1.29, 1.82) is 0 Å². The second-order valence-electron chi connectivity index (χ2n) is 20.8. The molecule has 0 saturated carbocycles. The Morgan fingerprint density at radius 1 is 0.500 bits per heavy atom. The molecule has 1 amide bonds. The van der Waals surface area contributed by atoms with Crippen molar-refractivity contribution in [1.82, 2.24) is 5.32 Å². The summed E-state index contributed by atoms with van der Waals surface area (Å²) in [6, 6.07) is -0.886. The van der Waals surface area contributed by atoms with E-state index >= 15 is 0 Å². The van der Waals surface area contributed by atoms with E-state index in [0.29, 0.717) is 23.9 Å². The molecular weight excluding hydrogens is 940 g/mol. The molecule has 2 N–H and O–H groups in total. The number of carbonyl (C=O) groups is 2. The van der Waals surface area contributed by atoms with Crippen LogP contribution in [0.4, 0.5) is 0 Å². The first-order valence-electron chi connectivity index (χ1n) is 29.7. The Hall–Kier alpha value is -3.33. The number of amides is 1. The topological polar surface area (TPSA) is 111 Å². The van der Waals surface area contributed by atoms with Gasteiger partial charge in [0.1, 0.15) is 19.3 Å². The summed E-state index contributed by atoms with van der Waals surface area (Å²) in [7, 11) is 1.44. The minimum Gasteiger partial charge on any atom is -0.456 e. The van der Waals surface area contributed by atoms with Crippen molar-refractivity contribution in [3.63, 3.8) is 0 Å². The van der Waals surface area contributed by atoms with Gasteiger partial charge >= 0.3 is 13.8 Å². The Bertz CT molecular complexity index is 1640. The van der Waals surface area contributed by atoms with E-state index in [9.17, 15) is 19.0 Å². The second-order valence-corrected chi connectivity index (χ2v) is 22.3. The predicted octanol–water partition coefficient (Wildman–Crippen LogP) is 18.2. The molecule has 3 unspecified atom stereocenters. The van der Waals surface area contributed by atoms with Crippen molar-refractivity contribution >= 4 is 19.7 Å². The van der Waals surface area contributed by atoms with Crippen molar-refractivity contribution in [3.05, 3.63) is 109 Å². The van der Waals surface area contributed by atoms with Crippen LogP contribution in [0, 0.1) is 0 Å². The van der Waals surface area contributed by atoms with Gasteiger partial charge in [0.05, 0.1) is 33.8 Å². The second kappa shape index (κ2) is 53.1. The van der Waals surface area contributed by atoms with Gasteiger partial charge in [-0.3, -0.25) is 18.6 Å². The zero-order valence-corrected chi connectivity index (χ0v) is 49.2. The molecule has 0 aromatic heterocycles. The Morgan fingerprint density at radius 3 is 1.39 bits per heavy atom. The highest BCUT2D eigenvalue weighted by atomic mass is 31.2. The summed E-state index contributed by atoms with van der Waals surface area (Å²) in [5.41, 5.74) is 0. The predicted molar refractivity (Wildman–Crippen MR) is 318 cm³/mol. The van der Waals surface area contributed by atoms with Gasteiger partial charge in [-0.2, -0.15) is 0 Å². The summed E-state index contributed by atoms with van der Waals surface area (Å²) in [4.78, 5) is 37.6. The van der Waals surface area contributed by atoms with E-state index < -0.39 is 20.0 Å². The Balaban J connectivity index is 5.41. The van der Waals surface area contributed by atoms with Crippen LogP contribution in [0.25, 0.3) is 0 Å². The first kappa shape index (κ1) is 70.7. The molecule has 0 aromatic carbocycles. The largest absolute Gasteiger partial charge is 0.472 e. The number of likely N-dealkylation sites (N-methyl/N-ethyl adjacent to an activating group) is 1. The first-order valence-corrected chi connectivity index (χ1v) is 31.2. The van der Waals surface area contributed by atoms with Crippen LogP contribution in [0.5, 0.6) is 0 Å². The standard InChI is InChI=1S/C64H111N2O7P/c1-7-10-13-16-19-22-25-27-29-31-32-33-34-35-37-39-42-45-48-51-54-57-64(68)73-62(55-52-49-46-43-40-24-21-18-15-12-9-3)61(60-72-74(69,70)71-59-58-66(4,5)6)65-63(67)56-53-50-47-44-41-38-36-30-28-26-23-20-17-14-11-8-2/h10,13,19,22,27,29-30,32-33,35-38,41-42,45,52,55,61-62H,7-9,11-12,14-18,20-21,23-26,28,31,34,39-40,43-44,46-51,53-54,56-60H2,1-6H3,(H-,65,67,69,70)/p+1/b13-10-,22-19-,29-27-,33-32-,36-30+,37-35-,41-38+,45-42-,55-52+. The fraction of sp³-hybridized carbons (Fsp3) is 0.688. The van der Waals surface area contributed by atoms with E-state index in [2.05, 4.69) is 123 Å². The molecule has 0 aliphatic rings. The number of esters is 1. The lowest BCUT2D eigenvalue weighted by Crippen LogP contribution is -2.47. The van der Waals surface area contributed by atoms with Gasteiger partial charge < -0.3 is 19.4 Å². The van der Waals surface area contributed by atoms with Gasteiger partial charge in [0.2, 0.25) is 5.91 Å². The normalized spacial score (nSPS) is 14.5. The average Bonchev–Trinajstić information content (AvgIpc) is 3.36. The van der Waals surface area contributed by atoms with Crippen molar-refractivity contribution < 1.29 is 37.3 Å². The van der Waals surface area contributed by atoms with Gasteiger partial charge in [-0.25, -0.2) is 4.57 Å². The lowest BCUT2D eigenvalue weighted by Gasteiger charge is -2.27. The smallest absolute Gasteiger partial charge is 0.456 e. The number of quaternary nitrogens is 1. The van der Waals surface area contributed by atoms with Gasteiger partial charge in [0, 0.05) is 12.8 Å². The molecule has 74 heavy (non-hydrogen) atoms. The van der Waals surface area contributed by atoms with E-state index in [1.807, 2.05) is 33.3 Å². The summed E-state index contributed by atoms with van der Waals surface area (Å²) in [6.07, 6.45) is 72.4. The maximum atomic E-state index is 13.5. The number of hydrogen-bond acceptors (Lipinski definition) is 6. The molecule has 0 rings (SSSR count). The maximum absolute atomic E-state index is 13.5. The number of nitrogens with zero attached hydrogens (tertiary/aromatic N) is 1. The third-order valence-electron chi connectivity index (χ3n) is 12.5. The minimum absolute atomic E-state index is 0.0225. The first-order chi connectivity index (χ1) is 35.9. The van der Waals surface area contributed by atoms with E-state index in [4.69, 9.17) is 13.8 Å². The van der Waals surface area contributed by atoms with Gasteiger partial charge in [-0.1, -0.05) is 220 Å². The maximum Gasteiger partial charge on any atom is 0.472 e. The number of rotatable bonds is 52. The average molecular weight is 1050 g/mol. The van der Waals surface area contributed by atoms with Crippen LogP contribution in [0.1, 0.15) is 233 Å². The number of unbranched alkanes of at least 4 members (excludes halogenated alkanes) is 21. The summed E-state index contributed by atoms with van der Waals surface area (Å²) >= 11 is 0. The third-order valence-corrected chi connectivity index (χ3v) is 13.5. The third kappa shape index (κ3) is 53.5. The van der Waals surface area contributed by atoms with Gasteiger partial charge in [-0.05, 0) is 109 Å². The highest BCUT2D eigenvalue weighted by Gasteiger charge is 2.30. The van der Waals surface area contributed by atoms with Crippen LogP contribution >= 0.6 is 7.82 Å². The molecule has 0 aliphatic heterocycles. The lowest BCUT2D eigenvalue weighted by molar-refractivity contribution is -0.870. The molecule has 424 valence electrons. The van der Waals surface area contributed by atoms with E-state index in [-0.39, 0.29) is 37.9 Å².